The first-order valence-electron chi connectivity index (χ1n) is 7.86. The molecule has 0 aliphatic heterocycles. The van der Waals surface area contributed by atoms with E-state index in [1.54, 1.807) is 0 Å². The van der Waals surface area contributed by atoms with E-state index in [0.717, 1.165) is 21.7 Å². The Kier molecular flexibility index (Phi) is 7.57. The summed E-state index contributed by atoms with van der Waals surface area (Å²) in [6.45, 7) is 0. The van der Waals surface area contributed by atoms with Gasteiger partial charge < -0.3 is 30.3 Å². The molecule has 1 unspecified atom stereocenters. The van der Waals surface area contributed by atoms with Gasteiger partial charge in [0, 0.05) is 22.6 Å². The first-order valence-corrected chi connectivity index (χ1v) is 9.12. The Bertz CT molecular complexity index is 848. The van der Waals surface area contributed by atoms with E-state index >= 15 is 0 Å². The summed E-state index contributed by atoms with van der Waals surface area (Å²) in [4.78, 5) is 0. The molecule has 0 aromatic heterocycles. The number of hydrogen-bond acceptors (Lipinski definition) is 1. The molecule has 4 aromatic carbocycles. The molecule has 0 saturated heterocycles. The summed E-state index contributed by atoms with van der Waals surface area (Å²) in [5.74, 6) is 0. The van der Waals surface area contributed by atoms with Crippen molar-refractivity contribution in [3.05, 3.63) is 109 Å². The Morgan fingerprint density at radius 3 is 1.80 bits per heavy atom. The zero-order chi connectivity index (χ0) is 16.6. The summed E-state index contributed by atoms with van der Waals surface area (Å²) in [6, 6.07) is 35.7. The standard InChI is InChI=1S/C17H13OP.C5H5.Fe/c18-19(15-10-4-5-11-15)17-13-7-6-12-16(17)14-8-2-1-3-9-14;1-2-4-5-3-1;/h1-13H;1-5H;/q;-5;. The van der Waals surface area contributed by atoms with Gasteiger partial charge in [-0.3, -0.25) is 0 Å². The number of benzene rings is 2. The van der Waals surface area contributed by atoms with E-state index in [1.807, 2.05) is 109 Å². The van der Waals surface area contributed by atoms with Gasteiger partial charge in [0.25, 0.3) is 0 Å². The molecular formula is C22H18FeOP-5. The van der Waals surface area contributed by atoms with E-state index in [4.69, 9.17) is 0 Å². The molecule has 0 fully saturated rings. The summed E-state index contributed by atoms with van der Waals surface area (Å²) < 4.78 is 12.6. The summed E-state index contributed by atoms with van der Waals surface area (Å²) in [7, 11) is -1.53. The first-order chi connectivity index (χ1) is 11.9. The minimum atomic E-state index is -1.53. The quantitative estimate of drug-likeness (QED) is 0.267. The van der Waals surface area contributed by atoms with Crippen molar-refractivity contribution in [2.45, 2.75) is 0 Å². The molecule has 4 aromatic rings. The zero-order valence-corrected chi connectivity index (χ0v) is 15.6. The van der Waals surface area contributed by atoms with Crippen molar-refractivity contribution in [2.75, 3.05) is 0 Å². The molecule has 0 aliphatic carbocycles. The van der Waals surface area contributed by atoms with Gasteiger partial charge in [-0.25, -0.2) is 12.1 Å². The van der Waals surface area contributed by atoms with Crippen LogP contribution in [0.5, 0.6) is 0 Å². The molecule has 0 bridgehead atoms. The van der Waals surface area contributed by atoms with Crippen LogP contribution in [0.15, 0.2) is 109 Å². The smallest absolute Gasteiger partial charge is 0.358 e. The minimum Gasteiger partial charge on any atom is -0.748 e. The van der Waals surface area contributed by atoms with Crippen LogP contribution >= 0.6 is 7.80 Å². The Labute approximate surface area is 160 Å². The first kappa shape index (κ1) is 19.1. The van der Waals surface area contributed by atoms with Crippen LogP contribution in [0.2, 0.25) is 0 Å². The van der Waals surface area contributed by atoms with Gasteiger partial charge in [-0.2, -0.15) is 0 Å². The second-order valence-electron chi connectivity index (χ2n) is 5.28. The molecule has 0 N–H and O–H groups in total. The molecule has 1 nitrogen and oxygen atoms in total. The van der Waals surface area contributed by atoms with Crippen molar-refractivity contribution in [1.82, 2.24) is 0 Å². The topological polar surface area (TPSA) is 17.1 Å². The van der Waals surface area contributed by atoms with Crippen LogP contribution in [0, 0.1) is 0 Å². The summed E-state index contributed by atoms with van der Waals surface area (Å²) in [5, 5.41) is 1.79. The van der Waals surface area contributed by atoms with E-state index in [-0.39, 0.29) is 17.1 Å². The van der Waals surface area contributed by atoms with Gasteiger partial charge in [-0.1, -0.05) is 47.0 Å². The maximum atomic E-state index is 12.6. The second-order valence-corrected chi connectivity index (χ2v) is 6.87. The van der Waals surface area contributed by atoms with Crippen LogP contribution in [0.25, 0.3) is 11.1 Å². The van der Waals surface area contributed by atoms with Crippen LogP contribution < -0.4 is 10.6 Å². The van der Waals surface area contributed by atoms with Gasteiger partial charge >= 0.3 is 7.80 Å². The number of hydrogen-bond donors (Lipinski definition) is 0. The normalized spacial score (nSPS) is 10.2. The van der Waals surface area contributed by atoms with Crippen molar-refractivity contribution in [2.24, 2.45) is 0 Å². The van der Waals surface area contributed by atoms with Gasteiger partial charge in [-0.05, 0) is 17.7 Å². The molecule has 4 rings (SSSR count). The van der Waals surface area contributed by atoms with Crippen LogP contribution in [0.3, 0.4) is 0 Å². The van der Waals surface area contributed by atoms with Crippen LogP contribution in [0.1, 0.15) is 0 Å². The molecule has 0 amide bonds. The average molecular weight is 385 g/mol. The van der Waals surface area contributed by atoms with E-state index in [9.17, 15) is 4.57 Å². The molecule has 0 spiro atoms. The molecular weight excluding hydrogens is 367 g/mol. The molecule has 0 aliphatic rings. The van der Waals surface area contributed by atoms with Crippen molar-refractivity contribution >= 4 is 18.4 Å². The van der Waals surface area contributed by atoms with Gasteiger partial charge in [0.2, 0.25) is 0 Å². The van der Waals surface area contributed by atoms with E-state index in [2.05, 4.69) is 0 Å². The fourth-order valence-electron chi connectivity index (χ4n) is 2.47. The third kappa shape index (κ3) is 5.11. The molecule has 25 heavy (non-hydrogen) atoms. The zero-order valence-electron chi connectivity index (χ0n) is 13.6. The van der Waals surface area contributed by atoms with Crippen molar-refractivity contribution < 1.29 is 21.6 Å². The van der Waals surface area contributed by atoms with Gasteiger partial charge in [0.15, 0.2) is 5.30 Å². The Morgan fingerprint density at radius 1 is 0.680 bits per heavy atom. The predicted molar refractivity (Wildman–Crippen MR) is 103 cm³/mol. The Hall–Kier alpha value is -2.24. The monoisotopic (exact) mass is 385 g/mol. The fourth-order valence-corrected chi connectivity index (χ4v) is 3.84. The third-order valence-electron chi connectivity index (χ3n) is 3.64. The number of rotatable bonds is 3. The van der Waals surface area contributed by atoms with E-state index < -0.39 is 7.80 Å². The summed E-state index contributed by atoms with van der Waals surface area (Å²) >= 11 is 0. The molecule has 130 valence electrons. The Balaban J connectivity index is 0.000000325. The van der Waals surface area contributed by atoms with Crippen LogP contribution in [0.4, 0.5) is 0 Å². The van der Waals surface area contributed by atoms with Crippen LogP contribution in [-0.4, -0.2) is 0 Å². The van der Waals surface area contributed by atoms with Gasteiger partial charge in [0.05, 0.1) is 5.30 Å². The van der Waals surface area contributed by atoms with Gasteiger partial charge in [0.1, 0.15) is 0 Å². The van der Waals surface area contributed by atoms with E-state index in [1.165, 1.54) is 0 Å². The Morgan fingerprint density at radius 2 is 1.20 bits per heavy atom. The molecule has 0 radical (unpaired) electrons. The molecule has 0 heterocycles. The fraction of sp³-hybridized carbons (Fsp3) is 0. The third-order valence-corrected chi connectivity index (χ3v) is 5.24. The summed E-state index contributed by atoms with van der Waals surface area (Å²) in [5.41, 5.74) is 2.15. The van der Waals surface area contributed by atoms with Crippen molar-refractivity contribution in [1.29, 1.82) is 0 Å². The van der Waals surface area contributed by atoms with E-state index in [0.29, 0.717) is 0 Å². The molecule has 3 heteroatoms. The predicted octanol–water partition coefficient (Wildman–Crippen LogP) is 5.25. The molecule has 0 saturated carbocycles. The second kappa shape index (κ2) is 9.91. The van der Waals surface area contributed by atoms with Crippen molar-refractivity contribution in [3.63, 3.8) is 0 Å². The average Bonchev–Trinajstić information content (AvgIpc) is 3.38. The molecule has 1 atom stereocenters. The maximum Gasteiger partial charge on any atom is 0.358 e. The van der Waals surface area contributed by atoms with Crippen LogP contribution in [-0.2, 0) is 21.6 Å². The summed E-state index contributed by atoms with van der Waals surface area (Å²) in [6.07, 6.45) is 0. The maximum absolute atomic E-state index is 12.6. The largest absolute Gasteiger partial charge is 0.748 e. The SMILES string of the molecule is O=[P+](c1ccccc1-c1ccccc1)[c-]1cccc1.[Fe].[cH-]1[cH-][cH-][cH-][cH-]1. The van der Waals surface area contributed by atoms with Gasteiger partial charge in [-0.15, -0.1) is 12.1 Å². The minimum absolute atomic E-state index is 0. The van der Waals surface area contributed by atoms with Crippen molar-refractivity contribution in [3.8, 4) is 11.1 Å².